The minimum Gasteiger partial charge on any atom is -0.448 e. The van der Waals surface area contributed by atoms with Crippen LogP contribution < -0.4 is 10.6 Å². The summed E-state index contributed by atoms with van der Waals surface area (Å²) in [7, 11) is 0. The monoisotopic (exact) mass is 344 g/mol. The zero-order chi connectivity index (χ0) is 17.6. The van der Waals surface area contributed by atoms with Crippen molar-refractivity contribution in [3.8, 4) is 0 Å². The molecule has 0 radical (unpaired) electrons. The molecule has 2 aromatic rings. The van der Waals surface area contributed by atoms with E-state index in [0.717, 1.165) is 19.5 Å². The molecule has 2 amide bonds. The number of rotatable bonds is 6. The number of aliphatic hydroxyl groups is 1. The van der Waals surface area contributed by atoms with E-state index in [4.69, 9.17) is 4.42 Å². The number of β-amino-alcohol motifs (C(OH)–C–C–N with tert-alkyl or cyclic N) is 1. The third-order valence-electron chi connectivity index (χ3n) is 4.44. The Hall–Kier alpha value is -2.38. The van der Waals surface area contributed by atoms with Crippen LogP contribution in [-0.4, -0.2) is 46.8 Å². The second-order valence-corrected chi connectivity index (χ2v) is 6.33. The van der Waals surface area contributed by atoms with Crippen LogP contribution in [0.4, 0.5) is 4.79 Å². The van der Waals surface area contributed by atoms with E-state index in [1.807, 2.05) is 6.07 Å². The molecule has 134 valence electrons. The maximum absolute atomic E-state index is 11.8. The average molecular weight is 344 g/mol. The van der Waals surface area contributed by atoms with Crippen molar-refractivity contribution in [1.82, 2.24) is 20.5 Å². The van der Waals surface area contributed by atoms with Crippen molar-refractivity contribution < 1.29 is 14.3 Å². The lowest BCUT2D eigenvalue weighted by Crippen LogP contribution is -2.44. The number of carbonyl (C=O) groups is 1. The first kappa shape index (κ1) is 17.4. The molecule has 1 atom stereocenters. The predicted octanol–water partition coefficient (Wildman–Crippen LogP) is 1.20. The summed E-state index contributed by atoms with van der Waals surface area (Å²) < 4.78 is 5.08. The number of hydrogen-bond acceptors (Lipinski definition) is 5. The number of aromatic nitrogens is 1. The quantitative estimate of drug-likeness (QED) is 0.733. The van der Waals surface area contributed by atoms with Crippen LogP contribution in [0, 0.1) is 6.92 Å². The summed E-state index contributed by atoms with van der Waals surface area (Å²) in [5.74, 6) is 0.686. The average Bonchev–Trinajstić information content (AvgIpc) is 3.03. The van der Waals surface area contributed by atoms with Gasteiger partial charge in [0.05, 0.1) is 12.6 Å². The maximum atomic E-state index is 11.8. The summed E-state index contributed by atoms with van der Waals surface area (Å²) >= 11 is 0. The molecule has 0 bridgehead atoms. The fourth-order valence-corrected chi connectivity index (χ4v) is 3.01. The van der Waals surface area contributed by atoms with Crippen LogP contribution in [0.5, 0.6) is 0 Å². The van der Waals surface area contributed by atoms with Crippen LogP contribution >= 0.6 is 0 Å². The van der Waals surface area contributed by atoms with Crippen molar-refractivity contribution in [2.75, 3.05) is 19.6 Å². The van der Waals surface area contributed by atoms with E-state index in [1.54, 1.807) is 6.92 Å². The Labute approximate surface area is 147 Å². The van der Waals surface area contributed by atoms with Gasteiger partial charge in [0.1, 0.15) is 11.5 Å². The third-order valence-corrected chi connectivity index (χ3v) is 4.44. The highest BCUT2D eigenvalue weighted by Crippen LogP contribution is 2.18. The molecule has 0 fully saturated rings. The molecule has 0 saturated carbocycles. The Kier molecular flexibility index (Phi) is 5.67. The van der Waals surface area contributed by atoms with Crippen molar-refractivity contribution in [3.63, 3.8) is 0 Å². The summed E-state index contributed by atoms with van der Waals surface area (Å²) in [4.78, 5) is 18.0. The number of aryl methyl sites for hydroxylation is 1. The Balaban J connectivity index is 1.37. The van der Waals surface area contributed by atoms with Crippen LogP contribution in [0.2, 0.25) is 0 Å². The number of nitrogens with zero attached hydrogens (tertiary/aromatic N) is 2. The molecule has 1 aromatic carbocycles. The minimum absolute atomic E-state index is 0.210. The van der Waals surface area contributed by atoms with Gasteiger partial charge in [-0.1, -0.05) is 24.3 Å². The summed E-state index contributed by atoms with van der Waals surface area (Å²) in [5.41, 5.74) is 3.39. The molecule has 1 aliphatic heterocycles. The number of carbonyl (C=O) groups excluding carboxylic acids is 1. The molecule has 0 spiro atoms. The second-order valence-electron chi connectivity index (χ2n) is 6.33. The number of benzene rings is 1. The first-order valence-electron chi connectivity index (χ1n) is 8.49. The number of amides is 2. The molecule has 3 N–H and O–H groups in total. The fraction of sp³-hybridized carbons (Fsp3) is 0.444. The van der Waals surface area contributed by atoms with E-state index in [1.165, 1.54) is 17.5 Å². The summed E-state index contributed by atoms with van der Waals surface area (Å²) in [6.07, 6.45) is 1.74. The van der Waals surface area contributed by atoms with Gasteiger partial charge in [-0.3, -0.25) is 4.90 Å². The normalized spacial score (nSPS) is 15.4. The topological polar surface area (TPSA) is 90.6 Å². The van der Waals surface area contributed by atoms with Crippen molar-refractivity contribution in [3.05, 3.63) is 53.2 Å². The summed E-state index contributed by atoms with van der Waals surface area (Å²) in [5, 5.41) is 15.6. The highest BCUT2D eigenvalue weighted by Gasteiger charge is 2.18. The van der Waals surface area contributed by atoms with Gasteiger partial charge in [-0.25, -0.2) is 9.78 Å². The largest absolute Gasteiger partial charge is 0.448 e. The smallest absolute Gasteiger partial charge is 0.315 e. The van der Waals surface area contributed by atoms with Crippen molar-refractivity contribution in [1.29, 1.82) is 0 Å². The molecule has 1 aliphatic rings. The van der Waals surface area contributed by atoms with Crippen LogP contribution in [-0.2, 0) is 19.5 Å². The summed E-state index contributed by atoms with van der Waals surface area (Å²) in [6.45, 7) is 4.60. The van der Waals surface area contributed by atoms with Crippen molar-refractivity contribution >= 4 is 6.03 Å². The zero-order valence-corrected chi connectivity index (χ0v) is 14.4. The second kappa shape index (κ2) is 8.13. The number of fused-ring (bicyclic) bond motifs is 1. The lowest BCUT2D eigenvalue weighted by Gasteiger charge is -2.30. The molecule has 3 rings (SSSR count). The molecule has 7 nitrogen and oxygen atoms in total. The summed E-state index contributed by atoms with van der Waals surface area (Å²) in [6, 6.07) is 8.07. The SMILES string of the molecule is Cc1ocnc1CNC(=O)NCC(O)CN1CCc2ccccc2C1. The molecular formula is C18H24N4O3. The van der Waals surface area contributed by atoms with Crippen molar-refractivity contribution in [2.24, 2.45) is 0 Å². The standard InChI is InChI=1S/C18H24N4O3/c1-13-17(21-12-25-13)9-20-18(24)19-8-16(23)11-22-7-6-14-4-2-3-5-15(14)10-22/h2-5,12,16,23H,6-11H2,1H3,(H2,19,20,24). The van der Waals surface area contributed by atoms with Gasteiger partial charge < -0.3 is 20.2 Å². The van der Waals surface area contributed by atoms with Gasteiger partial charge in [0, 0.05) is 26.2 Å². The van der Waals surface area contributed by atoms with Gasteiger partial charge in [0.2, 0.25) is 0 Å². The number of hydrogen-bond donors (Lipinski definition) is 3. The molecule has 1 aromatic heterocycles. The Morgan fingerprint density at radius 3 is 2.92 bits per heavy atom. The van der Waals surface area contributed by atoms with Gasteiger partial charge in [0.15, 0.2) is 6.39 Å². The number of nitrogens with one attached hydrogen (secondary N) is 2. The van der Waals surface area contributed by atoms with E-state index in [2.05, 4.69) is 38.7 Å². The van der Waals surface area contributed by atoms with E-state index in [0.29, 0.717) is 24.5 Å². The molecule has 1 unspecified atom stereocenters. The molecule has 0 aliphatic carbocycles. The lowest BCUT2D eigenvalue weighted by molar-refractivity contribution is 0.105. The number of oxazole rings is 1. The van der Waals surface area contributed by atoms with Gasteiger partial charge in [0.25, 0.3) is 0 Å². The Bertz CT molecular complexity index is 716. The number of aliphatic hydroxyl groups excluding tert-OH is 1. The zero-order valence-electron chi connectivity index (χ0n) is 14.4. The van der Waals surface area contributed by atoms with Crippen LogP contribution in [0.1, 0.15) is 22.6 Å². The van der Waals surface area contributed by atoms with Crippen molar-refractivity contribution in [2.45, 2.75) is 32.5 Å². The van der Waals surface area contributed by atoms with Crippen LogP contribution in [0.25, 0.3) is 0 Å². The predicted molar refractivity (Wildman–Crippen MR) is 92.9 cm³/mol. The van der Waals surface area contributed by atoms with E-state index < -0.39 is 6.10 Å². The van der Waals surface area contributed by atoms with Gasteiger partial charge >= 0.3 is 6.03 Å². The molecule has 0 saturated heterocycles. The Morgan fingerprint density at radius 1 is 1.36 bits per heavy atom. The highest BCUT2D eigenvalue weighted by molar-refractivity contribution is 5.73. The molecule has 7 heteroatoms. The highest BCUT2D eigenvalue weighted by atomic mass is 16.3. The van der Waals surface area contributed by atoms with E-state index in [-0.39, 0.29) is 12.6 Å². The van der Waals surface area contributed by atoms with Gasteiger partial charge in [-0.2, -0.15) is 0 Å². The van der Waals surface area contributed by atoms with Gasteiger partial charge in [-0.15, -0.1) is 0 Å². The first-order chi connectivity index (χ1) is 12.1. The lowest BCUT2D eigenvalue weighted by atomic mass is 10.00. The van der Waals surface area contributed by atoms with Crippen LogP contribution in [0.3, 0.4) is 0 Å². The van der Waals surface area contributed by atoms with Gasteiger partial charge in [-0.05, 0) is 24.5 Å². The van der Waals surface area contributed by atoms with E-state index >= 15 is 0 Å². The molecule has 25 heavy (non-hydrogen) atoms. The van der Waals surface area contributed by atoms with Crippen LogP contribution in [0.15, 0.2) is 35.1 Å². The molecule has 2 heterocycles. The maximum Gasteiger partial charge on any atom is 0.315 e. The number of urea groups is 1. The fourth-order valence-electron chi connectivity index (χ4n) is 3.01. The first-order valence-corrected chi connectivity index (χ1v) is 8.49. The minimum atomic E-state index is -0.607. The molecular weight excluding hydrogens is 320 g/mol. The Morgan fingerprint density at radius 2 is 2.16 bits per heavy atom. The third kappa shape index (κ3) is 4.80. The van der Waals surface area contributed by atoms with E-state index in [9.17, 15) is 9.90 Å².